The van der Waals surface area contributed by atoms with E-state index in [9.17, 15) is 9.59 Å². The minimum absolute atomic E-state index is 0.0359. The Morgan fingerprint density at radius 1 is 1.00 bits per heavy atom. The number of furan rings is 1. The summed E-state index contributed by atoms with van der Waals surface area (Å²) in [6.07, 6.45) is 1.54. The van der Waals surface area contributed by atoms with E-state index in [4.69, 9.17) is 9.52 Å². The lowest BCUT2D eigenvalue weighted by Gasteiger charge is -2.02. The molecule has 1 N–H and O–H groups in total. The van der Waals surface area contributed by atoms with Gasteiger partial charge in [-0.1, -0.05) is 24.3 Å². The van der Waals surface area contributed by atoms with Crippen molar-refractivity contribution in [1.82, 2.24) is 4.98 Å². The number of carbonyl (C=O) groups is 2. The van der Waals surface area contributed by atoms with E-state index in [0.29, 0.717) is 5.39 Å². The average molecular weight is 267 g/mol. The van der Waals surface area contributed by atoms with Crippen LogP contribution in [0.1, 0.15) is 26.8 Å². The van der Waals surface area contributed by atoms with Crippen LogP contribution in [0.15, 0.2) is 53.1 Å². The van der Waals surface area contributed by atoms with Crippen LogP contribution in [0.2, 0.25) is 0 Å². The second-order valence-corrected chi connectivity index (χ2v) is 4.18. The lowest BCUT2D eigenvalue weighted by molar-refractivity contribution is 0.0660. The first kappa shape index (κ1) is 12.1. The second-order valence-electron chi connectivity index (χ2n) is 4.18. The van der Waals surface area contributed by atoms with Gasteiger partial charge in [0, 0.05) is 11.6 Å². The van der Waals surface area contributed by atoms with Gasteiger partial charge in [0.05, 0.1) is 0 Å². The maximum absolute atomic E-state index is 12.3. The molecule has 0 aliphatic carbocycles. The fourth-order valence-corrected chi connectivity index (χ4v) is 1.99. The van der Waals surface area contributed by atoms with Gasteiger partial charge in [-0.3, -0.25) is 9.78 Å². The Kier molecular flexibility index (Phi) is 2.80. The molecule has 20 heavy (non-hydrogen) atoms. The number of ketones is 1. The molecular formula is C15H9NO4. The zero-order valence-corrected chi connectivity index (χ0v) is 10.2. The molecule has 0 unspecified atom stereocenters. The molecule has 98 valence electrons. The number of benzene rings is 1. The van der Waals surface area contributed by atoms with E-state index in [2.05, 4.69) is 4.98 Å². The lowest BCUT2D eigenvalue weighted by atomic mass is 10.1. The highest BCUT2D eigenvalue weighted by Crippen LogP contribution is 2.20. The SMILES string of the molecule is O=C(O)c1ccc(C(=O)c2nccc3ccccc23)o1. The van der Waals surface area contributed by atoms with Crippen molar-refractivity contribution in [1.29, 1.82) is 0 Å². The van der Waals surface area contributed by atoms with Crippen molar-refractivity contribution in [3.05, 3.63) is 65.9 Å². The van der Waals surface area contributed by atoms with Gasteiger partial charge in [-0.25, -0.2) is 4.79 Å². The van der Waals surface area contributed by atoms with E-state index >= 15 is 0 Å². The molecule has 0 saturated carbocycles. The summed E-state index contributed by atoms with van der Waals surface area (Å²) >= 11 is 0. The van der Waals surface area contributed by atoms with Crippen molar-refractivity contribution in [3.8, 4) is 0 Å². The standard InChI is InChI=1S/C15H9NO4/c17-14(11-5-6-12(20-11)15(18)19)13-10-4-2-1-3-9(10)7-8-16-13/h1-8H,(H,18,19). The van der Waals surface area contributed by atoms with Crippen LogP contribution >= 0.6 is 0 Å². The molecule has 5 nitrogen and oxygen atoms in total. The van der Waals surface area contributed by atoms with Crippen LogP contribution in [0.5, 0.6) is 0 Å². The molecule has 0 aliphatic rings. The first-order valence-corrected chi connectivity index (χ1v) is 5.88. The van der Waals surface area contributed by atoms with E-state index in [1.54, 1.807) is 12.1 Å². The molecule has 2 heterocycles. The fourth-order valence-electron chi connectivity index (χ4n) is 1.99. The molecule has 0 bridgehead atoms. The molecule has 0 radical (unpaired) electrons. The van der Waals surface area contributed by atoms with Gasteiger partial charge in [-0.15, -0.1) is 0 Å². The van der Waals surface area contributed by atoms with Gasteiger partial charge in [0.15, 0.2) is 5.76 Å². The van der Waals surface area contributed by atoms with Gasteiger partial charge in [-0.2, -0.15) is 0 Å². The van der Waals surface area contributed by atoms with Gasteiger partial charge >= 0.3 is 5.97 Å². The van der Waals surface area contributed by atoms with Crippen molar-refractivity contribution < 1.29 is 19.1 Å². The lowest BCUT2D eigenvalue weighted by Crippen LogP contribution is -2.04. The number of aromatic carboxylic acids is 1. The Bertz CT molecular complexity index is 814. The van der Waals surface area contributed by atoms with E-state index in [0.717, 1.165) is 5.39 Å². The molecular weight excluding hydrogens is 258 g/mol. The highest BCUT2D eigenvalue weighted by molar-refractivity contribution is 6.13. The van der Waals surface area contributed by atoms with Crippen LogP contribution < -0.4 is 0 Å². The maximum Gasteiger partial charge on any atom is 0.371 e. The number of nitrogens with zero attached hydrogens (tertiary/aromatic N) is 1. The zero-order valence-electron chi connectivity index (χ0n) is 10.2. The molecule has 1 aromatic carbocycles. The average Bonchev–Trinajstić information content (AvgIpc) is 2.96. The molecule has 5 heteroatoms. The number of aromatic nitrogens is 1. The van der Waals surface area contributed by atoms with E-state index < -0.39 is 11.8 Å². The predicted octanol–water partition coefficient (Wildman–Crippen LogP) is 2.76. The fraction of sp³-hybridized carbons (Fsp3) is 0. The van der Waals surface area contributed by atoms with Gasteiger partial charge < -0.3 is 9.52 Å². The molecule has 3 rings (SSSR count). The number of fused-ring (bicyclic) bond motifs is 1. The Morgan fingerprint density at radius 3 is 2.50 bits per heavy atom. The van der Waals surface area contributed by atoms with E-state index in [-0.39, 0.29) is 17.2 Å². The van der Waals surface area contributed by atoms with E-state index in [1.165, 1.54) is 18.3 Å². The van der Waals surface area contributed by atoms with Crippen molar-refractivity contribution in [2.75, 3.05) is 0 Å². The highest BCUT2D eigenvalue weighted by Gasteiger charge is 2.19. The summed E-state index contributed by atoms with van der Waals surface area (Å²) in [7, 11) is 0. The van der Waals surface area contributed by atoms with Crippen molar-refractivity contribution in [2.24, 2.45) is 0 Å². The number of rotatable bonds is 3. The number of hydrogen-bond acceptors (Lipinski definition) is 4. The van der Waals surface area contributed by atoms with Gasteiger partial charge in [0.2, 0.25) is 11.5 Å². The molecule has 2 aromatic heterocycles. The summed E-state index contributed by atoms with van der Waals surface area (Å²) in [6.45, 7) is 0. The largest absolute Gasteiger partial charge is 0.475 e. The van der Waals surface area contributed by atoms with Gasteiger partial charge in [0.25, 0.3) is 0 Å². The summed E-state index contributed by atoms with van der Waals surface area (Å²) in [6, 6.07) is 11.7. The molecule has 0 aliphatic heterocycles. The molecule has 0 spiro atoms. The van der Waals surface area contributed by atoms with Crippen molar-refractivity contribution in [3.63, 3.8) is 0 Å². The van der Waals surface area contributed by atoms with Crippen LogP contribution in [0, 0.1) is 0 Å². The summed E-state index contributed by atoms with van der Waals surface area (Å²) < 4.78 is 5.02. The smallest absolute Gasteiger partial charge is 0.371 e. The summed E-state index contributed by atoms with van der Waals surface area (Å²) in [5.41, 5.74) is 0.245. The van der Waals surface area contributed by atoms with Crippen LogP contribution in [0.25, 0.3) is 10.8 Å². The maximum atomic E-state index is 12.3. The van der Waals surface area contributed by atoms with Crippen molar-refractivity contribution in [2.45, 2.75) is 0 Å². The van der Waals surface area contributed by atoms with E-state index in [1.807, 2.05) is 18.2 Å². The van der Waals surface area contributed by atoms with Crippen LogP contribution in [-0.4, -0.2) is 21.8 Å². The molecule has 3 aromatic rings. The highest BCUT2D eigenvalue weighted by atomic mass is 16.4. The third-order valence-corrected chi connectivity index (χ3v) is 2.93. The van der Waals surface area contributed by atoms with Gasteiger partial charge in [0.1, 0.15) is 5.69 Å². The Morgan fingerprint density at radius 2 is 1.75 bits per heavy atom. The van der Waals surface area contributed by atoms with Crippen LogP contribution in [0.3, 0.4) is 0 Å². The third-order valence-electron chi connectivity index (χ3n) is 2.93. The number of carbonyl (C=O) groups excluding carboxylic acids is 1. The first-order valence-electron chi connectivity index (χ1n) is 5.88. The topological polar surface area (TPSA) is 80.4 Å². The monoisotopic (exact) mass is 267 g/mol. The summed E-state index contributed by atoms with van der Waals surface area (Å²) in [4.78, 5) is 27.2. The quantitative estimate of drug-likeness (QED) is 0.738. The number of pyridine rings is 1. The summed E-state index contributed by atoms with van der Waals surface area (Å²) in [5, 5.41) is 10.4. The zero-order chi connectivity index (χ0) is 14.1. The predicted molar refractivity (Wildman–Crippen MR) is 70.8 cm³/mol. The number of carboxylic acid groups (broad SMARTS) is 1. The molecule has 0 amide bonds. The van der Waals surface area contributed by atoms with Crippen molar-refractivity contribution >= 4 is 22.5 Å². The Balaban J connectivity index is 2.10. The minimum Gasteiger partial charge on any atom is -0.475 e. The first-order chi connectivity index (χ1) is 9.66. The Hall–Kier alpha value is -2.95. The molecule has 0 atom stereocenters. The van der Waals surface area contributed by atoms with Gasteiger partial charge in [-0.05, 0) is 23.6 Å². The normalized spacial score (nSPS) is 10.6. The summed E-state index contributed by atoms with van der Waals surface area (Å²) in [5.74, 6) is -1.95. The van der Waals surface area contributed by atoms with Crippen LogP contribution in [0.4, 0.5) is 0 Å². The Labute approximate surface area is 113 Å². The number of carboxylic acids is 1. The number of hydrogen-bond donors (Lipinski definition) is 1. The minimum atomic E-state index is -1.21. The second kappa shape index (κ2) is 4.62. The third kappa shape index (κ3) is 1.95. The molecule has 0 fully saturated rings. The van der Waals surface area contributed by atoms with Crippen LogP contribution in [-0.2, 0) is 0 Å². The molecule has 0 saturated heterocycles.